The minimum atomic E-state index is -0.276. The second-order valence-electron chi connectivity index (χ2n) is 4.59. The average molecular weight is 285 g/mol. The molecule has 21 heavy (non-hydrogen) atoms. The summed E-state index contributed by atoms with van der Waals surface area (Å²) in [5, 5.41) is 8.58. The highest BCUT2D eigenvalue weighted by molar-refractivity contribution is 5.29. The van der Waals surface area contributed by atoms with Gasteiger partial charge in [-0.15, -0.1) is 0 Å². The first-order valence-corrected chi connectivity index (χ1v) is 6.66. The molecule has 0 spiro atoms. The van der Waals surface area contributed by atoms with Gasteiger partial charge in [0, 0.05) is 6.07 Å². The zero-order chi connectivity index (χ0) is 15.1. The minimum absolute atomic E-state index is 0.276. The third-order valence-electron chi connectivity index (χ3n) is 2.97. The van der Waals surface area contributed by atoms with Crippen molar-refractivity contribution in [3.05, 3.63) is 59.4 Å². The van der Waals surface area contributed by atoms with Gasteiger partial charge in [0.25, 0.3) is 0 Å². The Bertz CT molecular complexity index is 632. The quantitative estimate of drug-likeness (QED) is 0.761. The first-order chi connectivity index (χ1) is 10.2. The van der Waals surface area contributed by atoms with Crippen molar-refractivity contribution < 1.29 is 13.9 Å². The van der Waals surface area contributed by atoms with Crippen LogP contribution in [0.4, 0.5) is 4.39 Å². The van der Waals surface area contributed by atoms with Gasteiger partial charge >= 0.3 is 0 Å². The molecule has 0 unspecified atom stereocenters. The number of rotatable bonds is 6. The number of benzene rings is 2. The third-order valence-corrected chi connectivity index (χ3v) is 2.97. The van der Waals surface area contributed by atoms with E-state index in [-0.39, 0.29) is 5.82 Å². The van der Waals surface area contributed by atoms with Crippen LogP contribution in [0.15, 0.2) is 42.5 Å². The molecule has 0 heterocycles. The van der Waals surface area contributed by atoms with E-state index < -0.39 is 0 Å². The van der Waals surface area contributed by atoms with Crippen LogP contribution in [0.25, 0.3) is 0 Å². The van der Waals surface area contributed by atoms with Gasteiger partial charge in [-0.2, -0.15) is 5.26 Å². The van der Waals surface area contributed by atoms with Crippen LogP contribution in [0.5, 0.6) is 11.5 Å². The standard InChI is InChI=1S/C17H16FNO2/c1-13-2-5-16(12-17(13)18)21-11-10-20-15-6-3-14(4-7-15)8-9-19/h2-7,12H,8,10-11H2,1H3. The van der Waals surface area contributed by atoms with Crippen LogP contribution in [0.3, 0.4) is 0 Å². The van der Waals surface area contributed by atoms with Crippen LogP contribution in [0.2, 0.25) is 0 Å². The Kier molecular flexibility index (Phi) is 5.16. The fraction of sp³-hybridized carbons (Fsp3) is 0.235. The molecule has 2 aromatic rings. The predicted octanol–water partition coefficient (Wildman–Crippen LogP) is 3.66. The zero-order valence-corrected chi connectivity index (χ0v) is 11.8. The molecule has 0 aliphatic heterocycles. The molecule has 0 aliphatic carbocycles. The number of halogens is 1. The predicted molar refractivity (Wildman–Crippen MR) is 77.9 cm³/mol. The van der Waals surface area contributed by atoms with Crippen molar-refractivity contribution in [1.82, 2.24) is 0 Å². The molecular formula is C17H16FNO2. The molecule has 2 rings (SSSR count). The number of ether oxygens (including phenoxy) is 2. The van der Waals surface area contributed by atoms with E-state index in [9.17, 15) is 4.39 Å². The van der Waals surface area contributed by atoms with Crippen LogP contribution in [0.1, 0.15) is 11.1 Å². The van der Waals surface area contributed by atoms with Gasteiger partial charge in [0.15, 0.2) is 0 Å². The fourth-order valence-corrected chi connectivity index (χ4v) is 1.78. The second-order valence-corrected chi connectivity index (χ2v) is 4.59. The molecule has 108 valence electrons. The molecule has 0 saturated heterocycles. The monoisotopic (exact) mass is 285 g/mol. The molecule has 0 bridgehead atoms. The van der Waals surface area contributed by atoms with Crippen molar-refractivity contribution >= 4 is 0 Å². The maximum Gasteiger partial charge on any atom is 0.129 e. The summed E-state index contributed by atoms with van der Waals surface area (Å²) in [6.45, 7) is 2.41. The highest BCUT2D eigenvalue weighted by atomic mass is 19.1. The highest BCUT2D eigenvalue weighted by Gasteiger charge is 2.00. The van der Waals surface area contributed by atoms with E-state index in [4.69, 9.17) is 14.7 Å². The number of nitriles is 1. The number of nitrogens with zero attached hydrogens (tertiary/aromatic N) is 1. The molecule has 0 aliphatic rings. The normalized spacial score (nSPS) is 9.95. The molecule has 2 aromatic carbocycles. The number of hydrogen-bond acceptors (Lipinski definition) is 3. The Morgan fingerprint density at radius 1 is 1.00 bits per heavy atom. The summed E-state index contributed by atoms with van der Waals surface area (Å²) in [4.78, 5) is 0. The number of hydrogen-bond donors (Lipinski definition) is 0. The summed E-state index contributed by atoms with van der Waals surface area (Å²) >= 11 is 0. The lowest BCUT2D eigenvalue weighted by molar-refractivity contribution is 0.216. The molecule has 3 nitrogen and oxygen atoms in total. The lowest BCUT2D eigenvalue weighted by Crippen LogP contribution is -2.09. The van der Waals surface area contributed by atoms with E-state index >= 15 is 0 Å². The molecule has 0 aromatic heterocycles. The third kappa shape index (κ3) is 4.50. The van der Waals surface area contributed by atoms with Gasteiger partial charge in [0.2, 0.25) is 0 Å². The van der Waals surface area contributed by atoms with E-state index in [1.54, 1.807) is 19.1 Å². The van der Waals surface area contributed by atoms with Crippen molar-refractivity contribution in [3.63, 3.8) is 0 Å². The van der Waals surface area contributed by atoms with E-state index in [1.165, 1.54) is 6.07 Å². The van der Waals surface area contributed by atoms with Gasteiger partial charge in [-0.1, -0.05) is 18.2 Å². The van der Waals surface area contributed by atoms with Crippen LogP contribution in [0, 0.1) is 24.1 Å². The Morgan fingerprint density at radius 2 is 1.62 bits per heavy atom. The van der Waals surface area contributed by atoms with E-state index in [0.717, 1.165) is 11.3 Å². The van der Waals surface area contributed by atoms with Gasteiger partial charge in [0.1, 0.15) is 30.5 Å². The summed E-state index contributed by atoms with van der Waals surface area (Å²) in [7, 11) is 0. The first-order valence-electron chi connectivity index (χ1n) is 6.66. The van der Waals surface area contributed by atoms with E-state index in [0.29, 0.717) is 30.9 Å². The van der Waals surface area contributed by atoms with Gasteiger partial charge in [-0.05, 0) is 36.2 Å². The van der Waals surface area contributed by atoms with Crippen LogP contribution < -0.4 is 9.47 Å². The highest BCUT2D eigenvalue weighted by Crippen LogP contribution is 2.16. The van der Waals surface area contributed by atoms with Crippen LogP contribution >= 0.6 is 0 Å². The van der Waals surface area contributed by atoms with Crippen molar-refractivity contribution in [1.29, 1.82) is 5.26 Å². The first kappa shape index (κ1) is 14.9. The van der Waals surface area contributed by atoms with Gasteiger partial charge < -0.3 is 9.47 Å². The molecule has 0 fully saturated rings. The fourth-order valence-electron chi connectivity index (χ4n) is 1.78. The molecule has 0 amide bonds. The lowest BCUT2D eigenvalue weighted by Gasteiger charge is -2.09. The summed E-state index contributed by atoms with van der Waals surface area (Å²) in [5.74, 6) is 0.933. The Hall–Kier alpha value is -2.54. The van der Waals surface area contributed by atoms with Crippen molar-refractivity contribution in [2.45, 2.75) is 13.3 Å². The maximum atomic E-state index is 13.3. The second kappa shape index (κ2) is 7.30. The van der Waals surface area contributed by atoms with Gasteiger partial charge in [-0.3, -0.25) is 0 Å². The maximum absolute atomic E-state index is 13.3. The van der Waals surface area contributed by atoms with Crippen molar-refractivity contribution in [2.75, 3.05) is 13.2 Å². The lowest BCUT2D eigenvalue weighted by atomic mass is 10.2. The summed E-state index contributed by atoms with van der Waals surface area (Å²) in [6, 6.07) is 14.2. The topological polar surface area (TPSA) is 42.2 Å². The van der Waals surface area contributed by atoms with Crippen molar-refractivity contribution in [3.8, 4) is 17.6 Å². The minimum Gasteiger partial charge on any atom is -0.490 e. The van der Waals surface area contributed by atoms with Crippen LogP contribution in [-0.4, -0.2) is 13.2 Å². The van der Waals surface area contributed by atoms with Crippen molar-refractivity contribution in [2.24, 2.45) is 0 Å². The molecule has 0 saturated carbocycles. The Labute approximate surface area is 123 Å². The van der Waals surface area contributed by atoms with E-state index in [1.807, 2.05) is 24.3 Å². The zero-order valence-electron chi connectivity index (χ0n) is 11.8. The number of aryl methyl sites for hydroxylation is 1. The smallest absolute Gasteiger partial charge is 0.129 e. The molecular weight excluding hydrogens is 269 g/mol. The van der Waals surface area contributed by atoms with Gasteiger partial charge in [-0.25, -0.2) is 4.39 Å². The summed E-state index contributed by atoms with van der Waals surface area (Å²) in [6.07, 6.45) is 0.391. The SMILES string of the molecule is Cc1ccc(OCCOc2ccc(CC#N)cc2)cc1F. The molecule has 0 N–H and O–H groups in total. The largest absolute Gasteiger partial charge is 0.490 e. The molecule has 0 radical (unpaired) electrons. The summed E-state index contributed by atoms with van der Waals surface area (Å²) < 4.78 is 24.3. The molecule has 0 atom stereocenters. The molecule has 4 heteroatoms. The van der Waals surface area contributed by atoms with Crippen LogP contribution in [-0.2, 0) is 6.42 Å². The summed E-state index contributed by atoms with van der Waals surface area (Å²) in [5.41, 5.74) is 1.55. The Morgan fingerprint density at radius 3 is 2.24 bits per heavy atom. The van der Waals surface area contributed by atoms with Gasteiger partial charge in [0.05, 0.1) is 12.5 Å². The van der Waals surface area contributed by atoms with E-state index in [2.05, 4.69) is 6.07 Å². The Balaban J connectivity index is 1.76. The average Bonchev–Trinajstić information content (AvgIpc) is 2.49.